The van der Waals surface area contributed by atoms with Gasteiger partial charge in [0, 0.05) is 39.9 Å². The van der Waals surface area contributed by atoms with Crippen molar-refractivity contribution in [3.8, 4) is 0 Å². The molecule has 7 nitrogen and oxygen atoms in total. The second-order valence-corrected chi connectivity index (χ2v) is 13.0. The molecule has 0 spiro atoms. The molecule has 0 bridgehead atoms. The van der Waals surface area contributed by atoms with Crippen LogP contribution in [0.4, 0.5) is 0 Å². The van der Waals surface area contributed by atoms with E-state index in [1.54, 1.807) is 29.6 Å². The van der Waals surface area contributed by atoms with Crippen molar-refractivity contribution in [1.82, 2.24) is 19.9 Å². The number of aryl methyl sites for hydroxylation is 1. The molecular formula is C28H33BrN4O3S. The van der Waals surface area contributed by atoms with Crippen LogP contribution in [0.25, 0.3) is 0 Å². The third kappa shape index (κ3) is 5.21. The molecule has 9 heteroatoms. The van der Waals surface area contributed by atoms with Gasteiger partial charge < -0.3 is 10.0 Å². The van der Waals surface area contributed by atoms with Gasteiger partial charge in [0.2, 0.25) is 0 Å². The van der Waals surface area contributed by atoms with Crippen LogP contribution < -0.4 is 0 Å². The molecule has 2 aromatic heterocycles. The number of benzene rings is 1. The molecule has 1 N–H and O–H groups in total. The highest BCUT2D eigenvalue weighted by Gasteiger charge is 2.60. The molecule has 0 saturated carbocycles. The summed E-state index contributed by atoms with van der Waals surface area (Å²) in [7, 11) is 0. The summed E-state index contributed by atoms with van der Waals surface area (Å²) in [5.74, 6) is -1.66. The molecule has 0 radical (unpaired) electrons. The molecule has 1 amide bonds. The van der Waals surface area contributed by atoms with Gasteiger partial charge in [-0.25, -0.2) is 9.78 Å². The summed E-state index contributed by atoms with van der Waals surface area (Å²) in [6, 6.07) is 4.97. The van der Waals surface area contributed by atoms with Crippen molar-refractivity contribution in [2.45, 2.75) is 77.3 Å². The van der Waals surface area contributed by atoms with Crippen molar-refractivity contribution in [3.63, 3.8) is 0 Å². The number of nitrogens with zero attached hydrogens (tertiary/aromatic N) is 4. The lowest BCUT2D eigenvalue weighted by atomic mass is 9.82. The van der Waals surface area contributed by atoms with E-state index in [0.717, 1.165) is 15.7 Å². The van der Waals surface area contributed by atoms with Crippen molar-refractivity contribution in [2.75, 3.05) is 0 Å². The average molecular weight is 586 g/mol. The fraction of sp³-hybridized carbons (Fsp3) is 0.464. The summed E-state index contributed by atoms with van der Waals surface area (Å²) in [6.07, 6.45) is 5.62. The van der Waals surface area contributed by atoms with E-state index in [9.17, 15) is 14.7 Å². The summed E-state index contributed by atoms with van der Waals surface area (Å²) in [4.78, 5) is 42.7. The second-order valence-electron chi connectivity index (χ2n) is 11.3. The molecule has 0 unspecified atom stereocenters. The van der Waals surface area contributed by atoms with Crippen LogP contribution in [0.3, 0.4) is 0 Å². The smallest absolute Gasteiger partial charge is 0.329 e. The maximum atomic E-state index is 14.4. The Morgan fingerprint density at radius 1 is 1.22 bits per heavy atom. The van der Waals surface area contributed by atoms with Gasteiger partial charge in [0.15, 0.2) is 0 Å². The number of amides is 1. The van der Waals surface area contributed by atoms with E-state index in [1.165, 1.54) is 11.3 Å². The first kappa shape index (κ1) is 27.4. The Labute approximate surface area is 230 Å². The molecule has 1 fully saturated rings. The van der Waals surface area contributed by atoms with Gasteiger partial charge in [-0.1, -0.05) is 56.6 Å². The highest BCUT2D eigenvalue weighted by Crippen LogP contribution is 2.54. The largest absolute Gasteiger partial charge is 0.479 e. The van der Waals surface area contributed by atoms with E-state index in [1.807, 2.05) is 38.3 Å². The number of carboxylic acids is 1. The Kier molecular flexibility index (Phi) is 7.59. The molecule has 196 valence electrons. The molecule has 1 aliphatic rings. The molecule has 1 aromatic carbocycles. The number of likely N-dealkylation sites (tertiary alicyclic amines) is 1. The van der Waals surface area contributed by atoms with E-state index in [-0.39, 0.29) is 29.6 Å². The molecule has 4 rings (SSSR count). The van der Waals surface area contributed by atoms with Gasteiger partial charge in [0.1, 0.15) is 10.5 Å². The molecule has 3 aromatic rings. The molecule has 0 aliphatic carbocycles. The Morgan fingerprint density at radius 3 is 2.46 bits per heavy atom. The van der Waals surface area contributed by atoms with Crippen molar-refractivity contribution in [3.05, 3.63) is 74.2 Å². The van der Waals surface area contributed by atoms with Crippen LogP contribution in [0.2, 0.25) is 0 Å². The minimum absolute atomic E-state index is 0.0428. The van der Waals surface area contributed by atoms with Crippen molar-refractivity contribution < 1.29 is 14.7 Å². The molecule has 37 heavy (non-hydrogen) atoms. The van der Waals surface area contributed by atoms with Crippen LogP contribution in [0.15, 0.2) is 46.6 Å². The quantitative estimate of drug-likeness (QED) is 0.353. The Balaban J connectivity index is 1.92. The van der Waals surface area contributed by atoms with E-state index in [0.29, 0.717) is 22.7 Å². The summed E-state index contributed by atoms with van der Waals surface area (Å²) in [5, 5.41) is 13.3. The number of halogens is 1. The SMILES string of the molecule is Cc1cnc([C@H]2C[C@@](CC(C)C)(C(=O)O)N(C(=O)c3ccc(C(C)(C)C)c(Br)c3)[C@H]2c2nccs2)cn1. The first-order valence-electron chi connectivity index (χ1n) is 12.4. The van der Waals surface area contributed by atoms with Crippen LogP contribution in [0.5, 0.6) is 0 Å². The summed E-state index contributed by atoms with van der Waals surface area (Å²) >= 11 is 5.07. The molecule has 3 heterocycles. The van der Waals surface area contributed by atoms with Crippen molar-refractivity contribution in [1.29, 1.82) is 0 Å². The lowest BCUT2D eigenvalue weighted by Crippen LogP contribution is -2.54. The van der Waals surface area contributed by atoms with Gasteiger partial charge in [0.05, 0.1) is 17.4 Å². The first-order valence-corrected chi connectivity index (χ1v) is 14.1. The van der Waals surface area contributed by atoms with Gasteiger partial charge in [0.25, 0.3) is 5.91 Å². The fourth-order valence-corrected chi connectivity index (χ4v) is 7.16. The number of carbonyl (C=O) groups is 2. The lowest BCUT2D eigenvalue weighted by Gasteiger charge is -2.39. The highest BCUT2D eigenvalue weighted by molar-refractivity contribution is 9.10. The summed E-state index contributed by atoms with van der Waals surface area (Å²) in [6.45, 7) is 12.2. The number of aliphatic carboxylic acids is 1. The predicted octanol–water partition coefficient (Wildman–Crippen LogP) is 6.54. The number of rotatable bonds is 6. The van der Waals surface area contributed by atoms with E-state index in [4.69, 9.17) is 0 Å². The maximum absolute atomic E-state index is 14.4. The topological polar surface area (TPSA) is 96.3 Å². The minimum Gasteiger partial charge on any atom is -0.479 e. The lowest BCUT2D eigenvalue weighted by molar-refractivity contribution is -0.150. The molecule has 1 saturated heterocycles. The monoisotopic (exact) mass is 584 g/mol. The zero-order valence-electron chi connectivity index (χ0n) is 22.0. The maximum Gasteiger partial charge on any atom is 0.329 e. The summed E-state index contributed by atoms with van der Waals surface area (Å²) in [5.41, 5.74) is 1.41. The van der Waals surface area contributed by atoms with E-state index in [2.05, 4.69) is 51.7 Å². The Bertz CT molecular complexity index is 1290. The van der Waals surface area contributed by atoms with Crippen LogP contribution in [0, 0.1) is 12.8 Å². The predicted molar refractivity (Wildman–Crippen MR) is 148 cm³/mol. The number of thiazole rings is 1. The molecule has 3 atom stereocenters. The standard InChI is InChI=1S/C28H33BrN4O3S/c1-16(2)12-28(26(35)36)13-19(22-15-31-17(3)14-32-22)23(24-30-9-10-37-24)33(28)25(34)18-7-8-20(21(29)11-18)27(4,5)6/h7-11,14-16,19,23H,12-13H2,1-6H3,(H,35,36)/t19-,23-,28+/m1/s1. The van der Waals surface area contributed by atoms with Gasteiger partial charge in [-0.05, 0) is 48.8 Å². The normalized spacial score (nSPS) is 22.0. The number of hydrogen-bond acceptors (Lipinski definition) is 6. The zero-order chi connectivity index (χ0) is 27.1. The highest BCUT2D eigenvalue weighted by atomic mass is 79.9. The number of aromatic nitrogens is 3. The van der Waals surface area contributed by atoms with Crippen LogP contribution in [-0.4, -0.2) is 42.4 Å². The van der Waals surface area contributed by atoms with E-state index < -0.39 is 17.6 Å². The van der Waals surface area contributed by atoms with Gasteiger partial charge in [-0.2, -0.15) is 0 Å². The third-order valence-electron chi connectivity index (χ3n) is 6.95. The van der Waals surface area contributed by atoms with Gasteiger partial charge >= 0.3 is 5.97 Å². The Morgan fingerprint density at radius 2 is 1.95 bits per heavy atom. The first-order chi connectivity index (χ1) is 17.3. The Hall–Kier alpha value is -2.65. The van der Waals surface area contributed by atoms with Crippen LogP contribution in [0.1, 0.15) is 91.7 Å². The van der Waals surface area contributed by atoms with Crippen LogP contribution in [-0.2, 0) is 10.2 Å². The van der Waals surface area contributed by atoms with Crippen molar-refractivity contribution >= 4 is 39.1 Å². The zero-order valence-corrected chi connectivity index (χ0v) is 24.4. The van der Waals surface area contributed by atoms with Gasteiger partial charge in [-0.3, -0.25) is 14.8 Å². The third-order valence-corrected chi connectivity index (χ3v) is 8.45. The average Bonchev–Trinajstić information content (AvgIpc) is 3.44. The summed E-state index contributed by atoms with van der Waals surface area (Å²) < 4.78 is 0.821. The second kappa shape index (κ2) is 10.3. The molecular weight excluding hydrogens is 552 g/mol. The minimum atomic E-state index is -1.42. The van der Waals surface area contributed by atoms with Crippen molar-refractivity contribution in [2.24, 2.45) is 5.92 Å². The number of carboxylic acid groups (broad SMARTS) is 1. The fourth-order valence-electron chi connectivity index (χ4n) is 5.39. The van der Waals surface area contributed by atoms with Crippen LogP contribution >= 0.6 is 27.3 Å². The molecule has 1 aliphatic heterocycles. The van der Waals surface area contributed by atoms with Gasteiger partial charge in [-0.15, -0.1) is 11.3 Å². The van der Waals surface area contributed by atoms with E-state index >= 15 is 0 Å². The number of hydrogen-bond donors (Lipinski definition) is 1. The number of carbonyl (C=O) groups excluding carboxylic acids is 1.